The summed E-state index contributed by atoms with van der Waals surface area (Å²) in [7, 11) is 2.76. The lowest BCUT2D eigenvalue weighted by Gasteiger charge is -2.13. The number of halogens is 2. The second-order valence-corrected chi connectivity index (χ2v) is 4.32. The number of hydrogen-bond acceptors (Lipinski definition) is 4. The summed E-state index contributed by atoms with van der Waals surface area (Å²) in [6.07, 6.45) is 0. The maximum absolute atomic E-state index is 12.9. The molecule has 0 fully saturated rings. The van der Waals surface area contributed by atoms with Crippen LogP contribution in [0.1, 0.15) is 0 Å². The number of anilines is 1. The molecule has 6 heteroatoms. The number of benzene rings is 1. The molecule has 0 bridgehead atoms. The second-order valence-electron chi connectivity index (χ2n) is 3.22. The SMILES string of the molecule is COC(=O)C(Br)CNc1ccc(F)cc1OC. The van der Waals surface area contributed by atoms with Crippen molar-refractivity contribution in [2.75, 3.05) is 26.1 Å². The molecule has 0 radical (unpaired) electrons. The number of hydrogen-bond donors (Lipinski definition) is 1. The number of rotatable bonds is 5. The minimum absolute atomic E-state index is 0.314. The summed E-state index contributed by atoms with van der Waals surface area (Å²) >= 11 is 3.17. The van der Waals surface area contributed by atoms with Gasteiger partial charge in [0.2, 0.25) is 0 Å². The topological polar surface area (TPSA) is 47.6 Å². The predicted octanol–water partition coefficient (Wildman–Crippen LogP) is 2.18. The van der Waals surface area contributed by atoms with Gasteiger partial charge in [-0.25, -0.2) is 4.39 Å². The molecular formula is C11H13BrFNO3. The zero-order chi connectivity index (χ0) is 12.8. The van der Waals surface area contributed by atoms with Crippen molar-refractivity contribution in [2.24, 2.45) is 0 Å². The maximum atomic E-state index is 12.9. The number of carbonyl (C=O) groups is 1. The van der Waals surface area contributed by atoms with Crippen LogP contribution in [0.5, 0.6) is 5.75 Å². The molecule has 1 N–H and O–H groups in total. The van der Waals surface area contributed by atoms with Gasteiger partial charge in [0.1, 0.15) is 16.4 Å². The summed E-state index contributed by atoms with van der Waals surface area (Å²) in [5.41, 5.74) is 0.613. The smallest absolute Gasteiger partial charge is 0.321 e. The Labute approximate surface area is 107 Å². The van der Waals surface area contributed by atoms with Gasteiger partial charge in [0, 0.05) is 12.6 Å². The molecule has 1 atom stereocenters. The fourth-order valence-electron chi connectivity index (χ4n) is 1.22. The van der Waals surface area contributed by atoms with E-state index in [0.29, 0.717) is 18.0 Å². The lowest BCUT2D eigenvalue weighted by Crippen LogP contribution is -2.24. The minimum atomic E-state index is -0.470. The molecule has 0 amide bonds. The zero-order valence-electron chi connectivity index (χ0n) is 9.50. The zero-order valence-corrected chi connectivity index (χ0v) is 11.1. The Hall–Kier alpha value is -1.30. The number of methoxy groups -OCH3 is 2. The molecule has 1 aromatic carbocycles. The van der Waals surface area contributed by atoms with Crippen molar-refractivity contribution in [1.82, 2.24) is 0 Å². The van der Waals surface area contributed by atoms with E-state index in [4.69, 9.17) is 4.74 Å². The van der Waals surface area contributed by atoms with Gasteiger partial charge in [0.25, 0.3) is 0 Å². The molecule has 0 aliphatic heterocycles. The van der Waals surface area contributed by atoms with Crippen LogP contribution >= 0.6 is 15.9 Å². The van der Waals surface area contributed by atoms with Crippen molar-refractivity contribution in [2.45, 2.75) is 4.83 Å². The van der Waals surface area contributed by atoms with Crippen LogP contribution in [0.3, 0.4) is 0 Å². The molecule has 17 heavy (non-hydrogen) atoms. The van der Waals surface area contributed by atoms with Crippen LogP contribution in [0.25, 0.3) is 0 Å². The van der Waals surface area contributed by atoms with Gasteiger partial charge in [-0.3, -0.25) is 4.79 Å². The molecule has 0 aliphatic carbocycles. The largest absolute Gasteiger partial charge is 0.494 e. The quantitative estimate of drug-likeness (QED) is 0.669. The number of alkyl halides is 1. The Morgan fingerprint density at radius 3 is 2.82 bits per heavy atom. The van der Waals surface area contributed by atoms with Gasteiger partial charge < -0.3 is 14.8 Å². The molecule has 4 nitrogen and oxygen atoms in total. The molecule has 0 saturated carbocycles. The van der Waals surface area contributed by atoms with E-state index >= 15 is 0 Å². The molecule has 1 unspecified atom stereocenters. The average Bonchev–Trinajstić information content (AvgIpc) is 2.35. The number of nitrogens with one attached hydrogen (secondary N) is 1. The molecule has 94 valence electrons. The van der Waals surface area contributed by atoms with E-state index in [0.717, 1.165) is 0 Å². The molecule has 1 rings (SSSR count). The lowest BCUT2D eigenvalue weighted by molar-refractivity contribution is -0.139. The third kappa shape index (κ3) is 3.89. The summed E-state index contributed by atoms with van der Waals surface area (Å²) in [5, 5.41) is 2.97. The van der Waals surface area contributed by atoms with E-state index < -0.39 is 4.83 Å². The standard InChI is InChI=1S/C11H13BrFNO3/c1-16-10-5-7(13)3-4-9(10)14-6-8(12)11(15)17-2/h3-5,8,14H,6H2,1-2H3. The van der Waals surface area contributed by atoms with Gasteiger partial charge in [-0.05, 0) is 12.1 Å². The van der Waals surface area contributed by atoms with Crippen LogP contribution < -0.4 is 10.1 Å². The second kappa shape index (κ2) is 6.44. The maximum Gasteiger partial charge on any atom is 0.321 e. The summed E-state index contributed by atoms with van der Waals surface area (Å²) in [6.45, 7) is 0.314. The third-order valence-electron chi connectivity index (χ3n) is 2.09. The first-order valence-corrected chi connectivity index (χ1v) is 5.79. The highest BCUT2D eigenvalue weighted by Crippen LogP contribution is 2.25. The van der Waals surface area contributed by atoms with Crippen molar-refractivity contribution in [3.63, 3.8) is 0 Å². The molecular weight excluding hydrogens is 293 g/mol. The Morgan fingerprint density at radius 2 is 2.24 bits per heavy atom. The predicted molar refractivity (Wildman–Crippen MR) is 66.2 cm³/mol. The Kier molecular flexibility index (Phi) is 5.21. The van der Waals surface area contributed by atoms with Crippen LogP contribution in [0.4, 0.5) is 10.1 Å². The Bertz CT molecular complexity index is 400. The van der Waals surface area contributed by atoms with Gasteiger partial charge in [-0.15, -0.1) is 0 Å². The van der Waals surface area contributed by atoms with Crippen LogP contribution in [0.15, 0.2) is 18.2 Å². The van der Waals surface area contributed by atoms with E-state index in [1.54, 1.807) is 6.07 Å². The summed E-state index contributed by atoms with van der Waals surface area (Å²) in [6, 6.07) is 4.13. The number of ether oxygens (including phenoxy) is 2. The van der Waals surface area contributed by atoms with E-state index in [1.165, 1.54) is 26.4 Å². The molecule has 0 aliphatic rings. The molecule has 0 spiro atoms. The highest BCUT2D eigenvalue weighted by molar-refractivity contribution is 9.10. The fraction of sp³-hybridized carbons (Fsp3) is 0.364. The van der Waals surface area contributed by atoms with Gasteiger partial charge >= 0.3 is 5.97 Å². The highest BCUT2D eigenvalue weighted by atomic mass is 79.9. The normalized spacial score (nSPS) is 11.8. The fourth-order valence-corrected chi connectivity index (χ4v) is 1.57. The van der Waals surface area contributed by atoms with Gasteiger partial charge in [0.05, 0.1) is 19.9 Å². The number of carbonyl (C=O) groups excluding carboxylic acids is 1. The summed E-state index contributed by atoms with van der Waals surface area (Å²) in [5.74, 6) is -0.371. The van der Waals surface area contributed by atoms with Crippen molar-refractivity contribution in [3.8, 4) is 5.75 Å². The van der Waals surface area contributed by atoms with Crippen LogP contribution in [0.2, 0.25) is 0 Å². The van der Waals surface area contributed by atoms with Gasteiger partial charge in [-0.2, -0.15) is 0 Å². The van der Waals surface area contributed by atoms with Crippen LogP contribution in [-0.2, 0) is 9.53 Å². The molecule has 0 heterocycles. The van der Waals surface area contributed by atoms with E-state index in [9.17, 15) is 9.18 Å². The molecule has 0 aromatic heterocycles. The lowest BCUT2D eigenvalue weighted by atomic mass is 10.2. The van der Waals surface area contributed by atoms with Crippen LogP contribution in [-0.4, -0.2) is 31.6 Å². The van der Waals surface area contributed by atoms with E-state index in [1.807, 2.05) is 0 Å². The van der Waals surface area contributed by atoms with E-state index in [2.05, 4.69) is 26.0 Å². The Morgan fingerprint density at radius 1 is 1.53 bits per heavy atom. The first kappa shape index (κ1) is 13.8. The monoisotopic (exact) mass is 305 g/mol. The highest BCUT2D eigenvalue weighted by Gasteiger charge is 2.15. The van der Waals surface area contributed by atoms with E-state index in [-0.39, 0.29) is 11.8 Å². The van der Waals surface area contributed by atoms with Crippen molar-refractivity contribution in [3.05, 3.63) is 24.0 Å². The minimum Gasteiger partial charge on any atom is -0.494 e. The molecule has 0 saturated heterocycles. The van der Waals surface area contributed by atoms with Crippen molar-refractivity contribution in [1.29, 1.82) is 0 Å². The Balaban J connectivity index is 2.66. The number of esters is 1. The van der Waals surface area contributed by atoms with Gasteiger partial charge in [0.15, 0.2) is 0 Å². The van der Waals surface area contributed by atoms with Gasteiger partial charge in [-0.1, -0.05) is 15.9 Å². The first-order chi connectivity index (χ1) is 8.08. The summed E-state index contributed by atoms with van der Waals surface area (Å²) in [4.78, 5) is 10.7. The summed E-state index contributed by atoms with van der Waals surface area (Å²) < 4.78 is 22.5. The average molecular weight is 306 g/mol. The third-order valence-corrected chi connectivity index (χ3v) is 2.79. The molecule has 1 aromatic rings. The first-order valence-electron chi connectivity index (χ1n) is 4.87. The van der Waals surface area contributed by atoms with Crippen LogP contribution in [0, 0.1) is 5.82 Å². The van der Waals surface area contributed by atoms with Crippen molar-refractivity contribution < 1.29 is 18.7 Å². The van der Waals surface area contributed by atoms with Crippen molar-refractivity contribution >= 4 is 27.6 Å².